The summed E-state index contributed by atoms with van der Waals surface area (Å²) in [6, 6.07) is 0. The first-order valence-electron chi connectivity index (χ1n) is 2.90. The quantitative estimate of drug-likeness (QED) is 0.449. The fourth-order valence-corrected chi connectivity index (χ4v) is 0.585. The van der Waals surface area contributed by atoms with Gasteiger partial charge < -0.3 is 0 Å². The molecule has 0 aliphatic heterocycles. The molecular formula is C7H13Br. The number of rotatable bonds is 2. The second-order valence-electron chi connectivity index (χ2n) is 2.30. The molecule has 0 radical (unpaired) electrons. The van der Waals surface area contributed by atoms with Crippen molar-refractivity contribution >= 4 is 15.9 Å². The van der Waals surface area contributed by atoms with Crippen LogP contribution in [0.4, 0.5) is 0 Å². The predicted molar refractivity (Wildman–Crippen MR) is 42.4 cm³/mol. The van der Waals surface area contributed by atoms with Gasteiger partial charge in [-0.3, -0.25) is 0 Å². The molecule has 0 rings (SSSR count). The van der Waals surface area contributed by atoms with Crippen molar-refractivity contribution in [2.75, 3.05) is 0 Å². The van der Waals surface area contributed by atoms with Gasteiger partial charge >= 0.3 is 0 Å². The lowest BCUT2D eigenvalue weighted by molar-refractivity contribution is 0.987. The van der Waals surface area contributed by atoms with E-state index in [4.69, 9.17) is 0 Å². The molecule has 0 aromatic carbocycles. The number of hydrogen-bond acceptors (Lipinski definition) is 0. The molecular weight excluding hydrogens is 164 g/mol. The van der Waals surface area contributed by atoms with E-state index in [9.17, 15) is 0 Å². The topological polar surface area (TPSA) is 0 Å². The maximum Gasteiger partial charge on any atom is 0.0152 e. The molecule has 0 spiro atoms. The Morgan fingerprint density at radius 1 is 1.62 bits per heavy atom. The molecule has 0 aliphatic rings. The van der Waals surface area contributed by atoms with Crippen molar-refractivity contribution in [3.63, 3.8) is 0 Å². The third-order valence-electron chi connectivity index (χ3n) is 0.851. The van der Waals surface area contributed by atoms with E-state index in [1.165, 1.54) is 5.57 Å². The van der Waals surface area contributed by atoms with Crippen LogP contribution in [0.15, 0.2) is 11.6 Å². The summed E-state index contributed by atoms with van der Waals surface area (Å²) in [6.45, 7) is 6.39. The number of halogens is 1. The minimum Gasteiger partial charge on any atom is -0.0890 e. The lowest BCUT2D eigenvalue weighted by atomic mass is 10.2. The van der Waals surface area contributed by atoms with Crippen LogP contribution >= 0.6 is 15.9 Å². The van der Waals surface area contributed by atoms with Crippen molar-refractivity contribution in [1.29, 1.82) is 0 Å². The molecule has 0 fully saturated rings. The molecule has 0 aromatic rings. The van der Waals surface area contributed by atoms with E-state index in [2.05, 4.69) is 42.8 Å². The van der Waals surface area contributed by atoms with Crippen molar-refractivity contribution in [3.05, 3.63) is 11.6 Å². The average Bonchev–Trinajstić information content (AvgIpc) is 1.61. The van der Waals surface area contributed by atoms with Gasteiger partial charge in [-0.25, -0.2) is 0 Å². The minimum absolute atomic E-state index is 0.623. The molecule has 0 amide bonds. The van der Waals surface area contributed by atoms with Crippen LogP contribution in [0, 0.1) is 0 Å². The molecule has 1 unspecified atom stereocenters. The second-order valence-corrected chi connectivity index (χ2v) is 3.86. The molecule has 0 aromatic heterocycles. The van der Waals surface area contributed by atoms with Crippen LogP contribution in [0.25, 0.3) is 0 Å². The zero-order chi connectivity index (χ0) is 6.57. The summed E-state index contributed by atoms with van der Waals surface area (Å²) in [5.74, 6) is 0. The maximum atomic E-state index is 3.46. The lowest BCUT2D eigenvalue weighted by Crippen LogP contribution is -1.84. The Hall–Kier alpha value is 0.220. The molecule has 0 aliphatic carbocycles. The van der Waals surface area contributed by atoms with Crippen molar-refractivity contribution < 1.29 is 0 Å². The molecule has 8 heavy (non-hydrogen) atoms. The first-order valence-corrected chi connectivity index (χ1v) is 3.82. The highest BCUT2D eigenvalue weighted by Gasteiger charge is 1.88. The monoisotopic (exact) mass is 176 g/mol. The van der Waals surface area contributed by atoms with Crippen LogP contribution in [-0.4, -0.2) is 4.83 Å². The zero-order valence-electron chi connectivity index (χ0n) is 5.74. The van der Waals surface area contributed by atoms with E-state index in [1.54, 1.807) is 0 Å². The highest BCUT2D eigenvalue weighted by atomic mass is 79.9. The summed E-state index contributed by atoms with van der Waals surface area (Å²) in [7, 11) is 0. The highest BCUT2D eigenvalue weighted by molar-refractivity contribution is 9.09. The van der Waals surface area contributed by atoms with Crippen LogP contribution in [-0.2, 0) is 0 Å². The minimum atomic E-state index is 0.623. The summed E-state index contributed by atoms with van der Waals surface area (Å²) >= 11 is 3.46. The Labute approximate surface area is 60.1 Å². The van der Waals surface area contributed by atoms with Crippen molar-refractivity contribution in [2.24, 2.45) is 0 Å². The highest BCUT2D eigenvalue weighted by Crippen LogP contribution is 2.05. The van der Waals surface area contributed by atoms with Gasteiger partial charge in [0.15, 0.2) is 0 Å². The van der Waals surface area contributed by atoms with Gasteiger partial charge in [0.1, 0.15) is 0 Å². The molecule has 48 valence electrons. The largest absolute Gasteiger partial charge is 0.0890 e. The van der Waals surface area contributed by atoms with E-state index in [1.807, 2.05) is 0 Å². The van der Waals surface area contributed by atoms with Gasteiger partial charge in [0.25, 0.3) is 0 Å². The molecule has 0 heterocycles. The summed E-state index contributed by atoms with van der Waals surface area (Å²) in [5, 5.41) is 0. The fourth-order valence-electron chi connectivity index (χ4n) is 0.398. The Morgan fingerprint density at radius 3 is 2.25 bits per heavy atom. The summed E-state index contributed by atoms with van der Waals surface area (Å²) in [6.07, 6.45) is 3.38. The molecule has 0 N–H and O–H groups in total. The first kappa shape index (κ1) is 8.22. The summed E-state index contributed by atoms with van der Waals surface area (Å²) < 4.78 is 0. The number of hydrogen-bond donors (Lipinski definition) is 0. The van der Waals surface area contributed by atoms with Gasteiger partial charge in [-0.05, 0) is 20.3 Å². The standard InChI is InChI=1S/C7H13Br/c1-6(2)4-5-7(3)8/h4,7H,5H2,1-3H3. The third-order valence-corrected chi connectivity index (χ3v) is 1.22. The van der Waals surface area contributed by atoms with Crippen LogP contribution in [0.3, 0.4) is 0 Å². The molecule has 1 atom stereocenters. The maximum absolute atomic E-state index is 3.46. The molecule has 0 bridgehead atoms. The number of allylic oxidation sites excluding steroid dienone is 2. The predicted octanol–water partition coefficient (Wildman–Crippen LogP) is 3.13. The van der Waals surface area contributed by atoms with Gasteiger partial charge in [-0.2, -0.15) is 0 Å². The smallest absolute Gasteiger partial charge is 0.0152 e. The van der Waals surface area contributed by atoms with Crippen molar-refractivity contribution in [3.8, 4) is 0 Å². The second kappa shape index (κ2) is 4.13. The first-order chi connectivity index (χ1) is 3.63. The molecule has 1 heteroatoms. The van der Waals surface area contributed by atoms with E-state index in [0.29, 0.717) is 4.83 Å². The van der Waals surface area contributed by atoms with E-state index in [-0.39, 0.29) is 0 Å². The number of alkyl halides is 1. The van der Waals surface area contributed by atoms with Gasteiger partial charge in [-0.15, -0.1) is 0 Å². The fraction of sp³-hybridized carbons (Fsp3) is 0.714. The Balaban J connectivity index is 3.29. The normalized spacial score (nSPS) is 13.0. The van der Waals surface area contributed by atoms with Gasteiger partial charge in [0.2, 0.25) is 0 Å². The Kier molecular flexibility index (Phi) is 4.25. The van der Waals surface area contributed by atoms with Crippen molar-refractivity contribution in [2.45, 2.75) is 32.0 Å². The van der Waals surface area contributed by atoms with Gasteiger partial charge in [0.05, 0.1) is 0 Å². The van der Waals surface area contributed by atoms with Crippen LogP contribution in [0.1, 0.15) is 27.2 Å². The SMILES string of the molecule is CC(C)=CCC(C)Br. The van der Waals surface area contributed by atoms with E-state index < -0.39 is 0 Å². The van der Waals surface area contributed by atoms with Gasteiger partial charge in [0, 0.05) is 4.83 Å². The summed E-state index contributed by atoms with van der Waals surface area (Å²) in [4.78, 5) is 0.623. The third kappa shape index (κ3) is 6.22. The van der Waals surface area contributed by atoms with Crippen molar-refractivity contribution in [1.82, 2.24) is 0 Å². The molecule has 0 saturated carbocycles. The van der Waals surface area contributed by atoms with E-state index in [0.717, 1.165) is 6.42 Å². The Morgan fingerprint density at radius 2 is 2.12 bits per heavy atom. The zero-order valence-corrected chi connectivity index (χ0v) is 7.33. The van der Waals surface area contributed by atoms with E-state index >= 15 is 0 Å². The van der Waals surface area contributed by atoms with Gasteiger partial charge in [-0.1, -0.05) is 34.5 Å². The average molecular weight is 177 g/mol. The van der Waals surface area contributed by atoms with Crippen LogP contribution < -0.4 is 0 Å². The van der Waals surface area contributed by atoms with Crippen LogP contribution in [0.5, 0.6) is 0 Å². The molecule has 0 nitrogen and oxygen atoms in total. The van der Waals surface area contributed by atoms with Crippen LogP contribution in [0.2, 0.25) is 0 Å². The summed E-state index contributed by atoms with van der Waals surface area (Å²) in [5.41, 5.74) is 1.40. The molecule has 0 saturated heterocycles. The Bertz CT molecular complexity index is 78.4. The lowest BCUT2D eigenvalue weighted by Gasteiger charge is -1.94.